The lowest BCUT2D eigenvalue weighted by atomic mass is 10.2. The second kappa shape index (κ2) is 7.82. The van der Waals surface area contributed by atoms with Gasteiger partial charge in [-0.1, -0.05) is 12.1 Å². The molecule has 0 aliphatic carbocycles. The van der Waals surface area contributed by atoms with Crippen molar-refractivity contribution in [3.05, 3.63) is 66.4 Å². The van der Waals surface area contributed by atoms with Crippen LogP contribution in [0, 0.1) is 11.3 Å². The van der Waals surface area contributed by atoms with Crippen LogP contribution in [-0.4, -0.2) is 17.6 Å². The minimum atomic E-state index is 0.146. The molecule has 1 aromatic heterocycles. The lowest BCUT2D eigenvalue weighted by molar-refractivity contribution is 0.293. The van der Waals surface area contributed by atoms with E-state index in [-0.39, 0.29) is 6.04 Å². The predicted octanol–water partition coefficient (Wildman–Crippen LogP) is 4.17. The van der Waals surface area contributed by atoms with Gasteiger partial charge in [-0.05, 0) is 61.3 Å². The van der Waals surface area contributed by atoms with Crippen molar-refractivity contribution in [1.29, 1.82) is 5.26 Å². The maximum Gasteiger partial charge on any atom is 0.128 e. The van der Waals surface area contributed by atoms with Gasteiger partial charge in [-0.2, -0.15) is 5.26 Å². The number of ether oxygens (including phenoxy) is 1. The second-order valence-corrected chi connectivity index (χ2v) is 6.31. The third-order valence-electron chi connectivity index (χ3n) is 3.44. The third kappa shape index (κ3) is 4.05. The largest absolute Gasteiger partial charge is 0.491 e. The van der Waals surface area contributed by atoms with E-state index in [9.17, 15) is 0 Å². The summed E-state index contributed by atoms with van der Waals surface area (Å²) in [6.45, 7) is 2.60. The molecule has 120 valence electrons. The van der Waals surface area contributed by atoms with Gasteiger partial charge in [-0.25, -0.2) is 0 Å². The minimum Gasteiger partial charge on any atom is -0.491 e. The van der Waals surface area contributed by atoms with E-state index in [0.29, 0.717) is 12.2 Å². The molecule has 3 rings (SSSR count). The predicted molar refractivity (Wildman–Crippen MR) is 96.8 cm³/mol. The van der Waals surface area contributed by atoms with Gasteiger partial charge >= 0.3 is 0 Å². The molecule has 0 fully saturated rings. The van der Waals surface area contributed by atoms with Gasteiger partial charge in [0.15, 0.2) is 0 Å². The molecule has 1 heterocycles. The van der Waals surface area contributed by atoms with Crippen molar-refractivity contribution in [3.63, 3.8) is 0 Å². The quantitative estimate of drug-likeness (QED) is 0.685. The van der Waals surface area contributed by atoms with Gasteiger partial charge in [0, 0.05) is 22.5 Å². The monoisotopic (exact) mass is 335 g/mol. The summed E-state index contributed by atoms with van der Waals surface area (Å²) in [6.07, 6.45) is 1.78. The summed E-state index contributed by atoms with van der Waals surface area (Å²) in [4.78, 5) is 5.34. The Kier molecular flexibility index (Phi) is 5.32. The van der Waals surface area contributed by atoms with Crippen molar-refractivity contribution in [2.45, 2.75) is 17.9 Å². The first-order valence-electron chi connectivity index (χ1n) is 7.65. The lowest BCUT2D eigenvalue weighted by Gasteiger charge is -2.15. The molecule has 0 spiro atoms. The first-order chi connectivity index (χ1) is 11.8. The van der Waals surface area contributed by atoms with Crippen LogP contribution in [0.1, 0.15) is 12.5 Å². The zero-order chi connectivity index (χ0) is 16.8. The van der Waals surface area contributed by atoms with Crippen LogP contribution in [0.15, 0.2) is 65.7 Å². The molecule has 0 radical (unpaired) electrons. The molecular formula is C19H17N3OS. The van der Waals surface area contributed by atoms with Crippen molar-refractivity contribution in [1.82, 2.24) is 9.71 Å². The Morgan fingerprint density at radius 2 is 2.08 bits per heavy atom. The Bertz CT molecular complexity index is 870. The Morgan fingerprint density at radius 3 is 2.96 bits per heavy atom. The molecule has 24 heavy (non-hydrogen) atoms. The number of nitriles is 1. The smallest absolute Gasteiger partial charge is 0.128 e. The molecule has 0 saturated carbocycles. The highest BCUT2D eigenvalue weighted by Crippen LogP contribution is 2.24. The molecule has 2 aromatic carbocycles. The average Bonchev–Trinajstić information content (AvgIpc) is 2.64. The van der Waals surface area contributed by atoms with E-state index in [1.807, 2.05) is 48.5 Å². The molecule has 0 amide bonds. The van der Waals surface area contributed by atoms with E-state index in [4.69, 9.17) is 10.00 Å². The summed E-state index contributed by atoms with van der Waals surface area (Å²) in [6, 6.07) is 19.6. The van der Waals surface area contributed by atoms with Crippen LogP contribution < -0.4 is 9.46 Å². The van der Waals surface area contributed by atoms with Crippen LogP contribution in [0.2, 0.25) is 0 Å². The van der Waals surface area contributed by atoms with Crippen molar-refractivity contribution in [3.8, 4) is 11.8 Å². The van der Waals surface area contributed by atoms with Crippen molar-refractivity contribution in [2.24, 2.45) is 0 Å². The van der Waals surface area contributed by atoms with E-state index in [1.165, 1.54) is 11.9 Å². The van der Waals surface area contributed by atoms with Gasteiger partial charge in [0.25, 0.3) is 0 Å². The molecule has 1 N–H and O–H groups in total. The maximum absolute atomic E-state index is 8.93. The van der Waals surface area contributed by atoms with Gasteiger partial charge in [0.1, 0.15) is 12.4 Å². The molecule has 0 aliphatic heterocycles. The standard InChI is InChI=1S/C19H17N3OS/c1-14(22-24-16-6-2-5-15(11-16)12-20)13-23-19-9-3-8-18-17(19)7-4-10-21-18/h2-11,14,22H,13H2,1H3. The van der Waals surface area contributed by atoms with E-state index in [2.05, 4.69) is 22.7 Å². The Hall–Kier alpha value is -2.55. The van der Waals surface area contributed by atoms with E-state index < -0.39 is 0 Å². The molecule has 3 aromatic rings. The molecule has 1 unspecified atom stereocenters. The van der Waals surface area contributed by atoms with Crippen LogP contribution in [0.5, 0.6) is 5.75 Å². The summed E-state index contributed by atoms with van der Waals surface area (Å²) in [5.41, 5.74) is 1.59. The normalized spacial score (nSPS) is 11.8. The number of nitrogens with one attached hydrogen (secondary N) is 1. The molecule has 4 nitrogen and oxygen atoms in total. The third-order valence-corrected chi connectivity index (χ3v) is 4.45. The Morgan fingerprint density at radius 1 is 1.21 bits per heavy atom. The highest BCUT2D eigenvalue weighted by atomic mass is 32.2. The van der Waals surface area contributed by atoms with Crippen LogP contribution >= 0.6 is 11.9 Å². The summed E-state index contributed by atoms with van der Waals surface area (Å²) >= 11 is 1.50. The van der Waals surface area contributed by atoms with Crippen molar-refractivity contribution < 1.29 is 4.74 Å². The summed E-state index contributed by atoms with van der Waals surface area (Å²) in [7, 11) is 0. The van der Waals surface area contributed by atoms with E-state index in [1.54, 1.807) is 12.3 Å². The lowest BCUT2D eigenvalue weighted by Crippen LogP contribution is -2.26. The van der Waals surface area contributed by atoms with Gasteiger partial charge in [0.05, 0.1) is 17.1 Å². The Labute approximate surface area is 145 Å². The minimum absolute atomic E-state index is 0.146. The molecule has 0 bridgehead atoms. The first-order valence-corrected chi connectivity index (χ1v) is 8.47. The van der Waals surface area contributed by atoms with Crippen molar-refractivity contribution >= 4 is 22.9 Å². The number of hydrogen-bond donors (Lipinski definition) is 1. The number of hydrogen-bond acceptors (Lipinski definition) is 5. The summed E-state index contributed by atoms with van der Waals surface area (Å²) in [5, 5.41) is 9.95. The summed E-state index contributed by atoms with van der Waals surface area (Å²) < 4.78 is 9.28. The molecule has 0 aliphatic rings. The molecule has 1 atom stereocenters. The SMILES string of the molecule is CC(COc1cccc2ncccc12)NSc1cccc(C#N)c1. The maximum atomic E-state index is 8.93. The number of fused-ring (bicyclic) bond motifs is 1. The first kappa shape index (κ1) is 16.3. The van der Waals surface area contributed by atoms with Crippen LogP contribution in [0.3, 0.4) is 0 Å². The number of aromatic nitrogens is 1. The van der Waals surface area contributed by atoms with Crippen LogP contribution in [-0.2, 0) is 0 Å². The van der Waals surface area contributed by atoms with E-state index >= 15 is 0 Å². The van der Waals surface area contributed by atoms with Crippen LogP contribution in [0.4, 0.5) is 0 Å². The van der Waals surface area contributed by atoms with Gasteiger partial charge in [0.2, 0.25) is 0 Å². The Balaban J connectivity index is 1.57. The average molecular weight is 335 g/mol. The van der Waals surface area contributed by atoms with Crippen molar-refractivity contribution in [2.75, 3.05) is 6.61 Å². The van der Waals surface area contributed by atoms with Gasteiger partial charge in [-0.3, -0.25) is 9.71 Å². The molecule has 0 saturated heterocycles. The number of rotatable bonds is 6. The van der Waals surface area contributed by atoms with Crippen LogP contribution in [0.25, 0.3) is 10.9 Å². The highest BCUT2D eigenvalue weighted by molar-refractivity contribution is 7.97. The zero-order valence-electron chi connectivity index (χ0n) is 13.3. The second-order valence-electron chi connectivity index (χ2n) is 5.40. The fourth-order valence-electron chi connectivity index (χ4n) is 2.25. The molecule has 5 heteroatoms. The highest BCUT2D eigenvalue weighted by Gasteiger charge is 2.07. The fraction of sp³-hybridized carbons (Fsp3) is 0.158. The number of nitrogens with zero attached hydrogens (tertiary/aromatic N) is 2. The number of pyridine rings is 1. The zero-order valence-corrected chi connectivity index (χ0v) is 14.1. The van der Waals surface area contributed by atoms with Gasteiger partial charge in [-0.15, -0.1) is 0 Å². The summed E-state index contributed by atoms with van der Waals surface area (Å²) in [5.74, 6) is 0.839. The van der Waals surface area contributed by atoms with Gasteiger partial charge < -0.3 is 4.74 Å². The van der Waals surface area contributed by atoms with E-state index in [0.717, 1.165) is 21.5 Å². The fourth-order valence-corrected chi connectivity index (χ4v) is 2.99. The topological polar surface area (TPSA) is 57.9 Å². The number of benzene rings is 2. The molecular weight excluding hydrogens is 318 g/mol.